The van der Waals surface area contributed by atoms with E-state index in [4.69, 9.17) is 5.26 Å². The number of carbonyl (C=O) groups excluding carboxylic acids is 1. The van der Waals surface area contributed by atoms with Crippen molar-refractivity contribution >= 4 is 11.6 Å². The molecule has 1 aromatic carbocycles. The summed E-state index contributed by atoms with van der Waals surface area (Å²) in [6.45, 7) is 0.658. The number of alkyl halides is 2. The van der Waals surface area contributed by atoms with Crippen LogP contribution in [0.25, 0.3) is 5.65 Å². The van der Waals surface area contributed by atoms with Gasteiger partial charge < -0.3 is 4.90 Å². The fourth-order valence-electron chi connectivity index (χ4n) is 3.74. The van der Waals surface area contributed by atoms with Crippen molar-refractivity contribution in [3.63, 3.8) is 0 Å². The number of nitrogens with zero attached hydrogens (tertiary/aromatic N) is 5. The molecule has 148 valence electrons. The predicted molar refractivity (Wildman–Crippen MR) is 96.9 cm³/mol. The van der Waals surface area contributed by atoms with Crippen LogP contribution in [0.4, 0.5) is 13.2 Å². The standard InChI is InChI=1S/C20H16F3N5O/c21-14-2-3-15(18(22)23)16(9-14)13-5-7-27(8-6-13)20(29)19-26-25-17-4-1-12(10-24)11-28(17)19/h1-4,9,11,13,18H,5-8H2. The zero-order valence-electron chi connectivity index (χ0n) is 15.2. The first kappa shape index (κ1) is 18.9. The van der Waals surface area contributed by atoms with Gasteiger partial charge in [-0.3, -0.25) is 9.20 Å². The van der Waals surface area contributed by atoms with Gasteiger partial charge in [-0.05, 0) is 48.6 Å². The molecule has 1 saturated heterocycles. The Labute approximate surface area is 164 Å². The lowest BCUT2D eigenvalue weighted by Gasteiger charge is -2.32. The number of nitriles is 1. The summed E-state index contributed by atoms with van der Waals surface area (Å²) in [5.41, 5.74) is 0.960. The van der Waals surface area contributed by atoms with E-state index < -0.39 is 12.2 Å². The molecule has 6 nitrogen and oxygen atoms in total. The summed E-state index contributed by atoms with van der Waals surface area (Å²) < 4.78 is 41.7. The van der Waals surface area contributed by atoms with Crippen LogP contribution in [-0.2, 0) is 0 Å². The largest absolute Gasteiger partial charge is 0.336 e. The maximum Gasteiger partial charge on any atom is 0.292 e. The molecule has 3 heterocycles. The van der Waals surface area contributed by atoms with E-state index in [0.29, 0.717) is 42.7 Å². The van der Waals surface area contributed by atoms with Gasteiger partial charge in [0.2, 0.25) is 5.82 Å². The minimum atomic E-state index is -2.68. The van der Waals surface area contributed by atoms with E-state index in [1.54, 1.807) is 17.0 Å². The third-order valence-corrected chi connectivity index (χ3v) is 5.23. The maximum atomic E-state index is 13.6. The van der Waals surface area contributed by atoms with Gasteiger partial charge in [-0.1, -0.05) is 6.07 Å². The summed E-state index contributed by atoms with van der Waals surface area (Å²) in [6.07, 6.45) is -0.303. The smallest absolute Gasteiger partial charge is 0.292 e. The van der Waals surface area contributed by atoms with Crippen LogP contribution in [0.3, 0.4) is 0 Å². The fourth-order valence-corrected chi connectivity index (χ4v) is 3.74. The van der Waals surface area contributed by atoms with E-state index in [1.807, 2.05) is 6.07 Å². The van der Waals surface area contributed by atoms with Crippen LogP contribution in [0.5, 0.6) is 0 Å². The molecular formula is C20H16F3N5O. The number of fused-ring (bicyclic) bond motifs is 1. The molecule has 29 heavy (non-hydrogen) atoms. The van der Waals surface area contributed by atoms with E-state index in [-0.39, 0.29) is 23.2 Å². The normalized spacial score (nSPS) is 15.1. The van der Waals surface area contributed by atoms with E-state index in [1.165, 1.54) is 16.7 Å². The van der Waals surface area contributed by atoms with Crippen molar-refractivity contribution in [3.05, 3.63) is 64.9 Å². The molecule has 0 aliphatic carbocycles. The molecule has 0 bridgehead atoms. The van der Waals surface area contributed by atoms with Gasteiger partial charge >= 0.3 is 0 Å². The molecule has 0 unspecified atom stereocenters. The Hall–Kier alpha value is -3.41. The second-order valence-electron chi connectivity index (χ2n) is 6.92. The number of likely N-dealkylation sites (tertiary alicyclic amines) is 1. The molecule has 3 aromatic rings. The number of piperidine rings is 1. The van der Waals surface area contributed by atoms with Gasteiger partial charge in [0.15, 0.2) is 5.65 Å². The van der Waals surface area contributed by atoms with Crippen molar-refractivity contribution in [2.45, 2.75) is 25.2 Å². The van der Waals surface area contributed by atoms with Crippen LogP contribution in [0.15, 0.2) is 36.5 Å². The first-order valence-electron chi connectivity index (χ1n) is 9.09. The summed E-state index contributed by atoms with van der Waals surface area (Å²) in [5.74, 6) is -1.06. The molecule has 1 amide bonds. The third kappa shape index (κ3) is 3.53. The molecule has 1 aliphatic heterocycles. The molecule has 0 radical (unpaired) electrons. The van der Waals surface area contributed by atoms with Gasteiger partial charge in [-0.15, -0.1) is 10.2 Å². The number of pyridine rings is 1. The Bertz CT molecular complexity index is 1110. The van der Waals surface area contributed by atoms with Gasteiger partial charge in [-0.25, -0.2) is 13.2 Å². The summed E-state index contributed by atoms with van der Waals surface area (Å²) in [6, 6.07) is 8.52. The number of rotatable bonds is 3. The molecule has 0 spiro atoms. The average molecular weight is 399 g/mol. The predicted octanol–water partition coefficient (Wildman–Crippen LogP) is 3.70. The quantitative estimate of drug-likeness (QED) is 0.673. The molecule has 0 N–H and O–H groups in total. The Balaban J connectivity index is 1.53. The van der Waals surface area contributed by atoms with Crippen LogP contribution >= 0.6 is 0 Å². The fraction of sp³-hybridized carbons (Fsp3) is 0.300. The lowest BCUT2D eigenvalue weighted by atomic mass is 9.86. The van der Waals surface area contributed by atoms with Crippen LogP contribution in [0.1, 0.15) is 52.5 Å². The Morgan fingerprint density at radius 1 is 1.17 bits per heavy atom. The Morgan fingerprint density at radius 3 is 2.62 bits per heavy atom. The summed E-state index contributed by atoms with van der Waals surface area (Å²) in [5, 5.41) is 16.9. The van der Waals surface area contributed by atoms with Gasteiger partial charge in [0.25, 0.3) is 12.3 Å². The van der Waals surface area contributed by atoms with Gasteiger partial charge in [0, 0.05) is 24.8 Å². The highest BCUT2D eigenvalue weighted by Crippen LogP contribution is 2.35. The first-order chi connectivity index (χ1) is 14.0. The van der Waals surface area contributed by atoms with Crippen molar-refractivity contribution in [2.24, 2.45) is 0 Å². The van der Waals surface area contributed by atoms with Gasteiger partial charge in [0.05, 0.1) is 5.56 Å². The molecule has 2 aromatic heterocycles. The van der Waals surface area contributed by atoms with Gasteiger partial charge in [-0.2, -0.15) is 5.26 Å². The van der Waals surface area contributed by atoms with Crippen molar-refractivity contribution in [3.8, 4) is 6.07 Å². The molecular weight excluding hydrogens is 383 g/mol. The number of benzene rings is 1. The third-order valence-electron chi connectivity index (χ3n) is 5.23. The number of aromatic nitrogens is 3. The molecule has 1 fully saturated rings. The van der Waals surface area contributed by atoms with Gasteiger partial charge in [0.1, 0.15) is 11.9 Å². The van der Waals surface area contributed by atoms with Crippen LogP contribution < -0.4 is 0 Å². The highest BCUT2D eigenvalue weighted by Gasteiger charge is 2.29. The number of carbonyl (C=O) groups is 1. The topological polar surface area (TPSA) is 74.3 Å². The van der Waals surface area contributed by atoms with Crippen molar-refractivity contribution in [1.29, 1.82) is 5.26 Å². The molecule has 9 heteroatoms. The van der Waals surface area contributed by atoms with Crippen LogP contribution in [0.2, 0.25) is 0 Å². The van der Waals surface area contributed by atoms with Crippen molar-refractivity contribution in [2.75, 3.05) is 13.1 Å². The maximum absolute atomic E-state index is 13.6. The van der Waals surface area contributed by atoms with Crippen molar-refractivity contribution < 1.29 is 18.0 Å². The van der Waals surface area contributed by atoms with E-state index in [9.17, 15) is 18.0 Å². The average Bonchev–Trinajstić information content (AvgIpc) is 3.16. The summed E-state index contributed by atoms with van der Waals surface area (Å²) in [4.78, 5) is 14.5. The highest BCUT2D eigenvalue weighted by atomic mass is 19.3. The second kappa shape index (κ2) is 7.54. The number of hydrogen-bond donors (Lipinski definition) is 0. The highest BCUT2D eigenvalue weighted by molar-refractivity contribution is 5.91. The van der Waals surface area contributed by atoms with E-state index in [2.05, 4.69) is 10.2 Å². The minimum absolute atomic E-state index is 0.0922. The zero-order chi connectivity index (χ0) is 20.5. The molecule has 1 aliphatic rings. The monoisotopic (exact) mass is 399 g/mol. The van der Waals surface area contributed by atoms with E-state index in [0.717, 1.165) is 12.1 Å². The molecule has 0 atom stereocenters. The SMILES string of the molecule is N#Cc1ccc2nnc(C(=O)N3CCC(c4cc(F)ccc4C(F)F)CC3)n2c1. The summed E-state index contributed by atoms with van der Waals surface area (Å²) >= 11 is 0. The van der Waals surface area contributed by atoms with Crippen LogP contribution in [0, 0.1) is 17.1 Å². The number of hydrogen-bond acceptors (Lipinski definition) is 4. The Kier molecular flexibility index (Phi) is 4.92. The summed E-state index contributed by atoms with van der Waals surface area (Å²) in [7, 11) is 0. The molecule has 4 rings (SSSR count). The minimum Gasteiger partial charge on any atom is -0.336 e. The number of amides is 1. The lowest BCUT2D eigenvalue weighted by molar-refractivity contribution is 0.0697. The first-order valence-corrected chi connectivity index (χ1v) is 9.09. The van der Waals surface area contributed by atoms with E-state index >= 15 is 0 Å². The zero-order valence-corrected chi connectivity index (χ0v) is 15.2. The Morgan fingerprint density at radius 2 is 1.93 bits per heavy atom. The lowest BCUT2D eigenvalue weighted by Crippen LogP contribution is -2.39. The second-order valence-corrected chi connectivity index (χ2v) is 6.92. The van der Waals surface area contributed by atoms with Crippen LogP contribution in [-0.4, -0.2) is 38.5 Å². The molecule has 0 saturated carbocycles. The van der Waals surface area contributed by atoms with Crippen molar-refractivity contribution in [1.82, 2.24) is 19.5 Å². The number of halogens is 3.